The number of amides is 1. The molecule has 0 saturated heterocycles. The van der Waals surface area contributed by atoms with E-state index in [9.17, 15) is 13.2 Å². The minimum absolute atomic E-state index is 0.226. The smallest absolute Gasteiger partial charge is 0.305 e. The van der Waals surface area contributed by atoms with Crippen molar-refractivity contribution in [1.82, 2.24) is 0 Å². The molecule has 2 rings (SSSR count). The molecule has 1 heterocycles. The summed E-state index contributed by atoms with van der Waals surface area (Å²) < 4.78 is 23.9. The van der Waals surface area contributed by atoms with Crippen LogP contribution in [0.2, 0.25) is 0 Å². The van der Waals surface area contributed by atoms with Gasteiger partial charge < -0.3 is 5.73 Å². The second-order valence-corrected chi connectivity index (χ2v) is 6.11. The van der Waals surface area contributed by atoms with E-state index in [-0.39, 0.29) is 5.69 Å². The number of carbonyl (C=O) groups is 1. The number of thiophene rings is 1. The first-order valence-electron chi connectivity index (χ1n) is 5.68. The molecule has 21 heavy (non-hydrogen) atoms. The molecule has 2 aromatic rings. The van der Waals surface area contributed by atoms with Crippen molar-refractivity contribution in [3.05, 3.63) is 52.7 Å². The molecule has 0 radical (unpaired) electrons. The molecule has 4 N–H and O–H groups in total. The normalized spacial score (nSPS) is 12.1. The highest BCUT2D eigenvalue weighted by Gasteiger charge is 2.23. The Morgan fingerprint density at radius 3 is 2.38 bits per heavy atom. The Morgan fingerprint density at radius 1 is 1.19 bits per heavy atom. The van der Waals surface area contributed by atoms with Crippen LogP contribution in [0, 0.1) is 0 Å². The lowest BCUT2D eigenvalue weighted by atomic mass is 10.2. The van der Waals surface area contributed by atoms with E-state index in [1.165, 1.54) is 22.8 Å². The molecule has 0 atom stereocenters. The number of carbonyl (C=O) groups excluding carboxylic acids is 1. The van der Waals surface area contributed by atoms with Gasteiger partial charge in [0.1, 0.15) is 0 Å². The van der Waals surface area contributed by atoms with Crippen LogP contribution in [0.25, 0.3) is 0 Å². The molecule has 0 saturated carbocycles. The Hall–Kier alpha value is -2.23. The van der Waals surface area contributed by atoms with Crippen LogP contribution in [-0.2, 0) is 10.2 Å². The first-order valence-corrected chi connectivity index (χ1v) is 8.13. The van der Waals surface area contributed by atoms with Crippen molar-refractivity contribution in [1.29, 1.82) is 0 Å². The fraction of sp³-hybridized carbons (Fsp3) is 0. The minimum atomic E-state index is -4.18. The topological polar surface area (TPSA) is 119 Å². The lowest BCUT2D eigenvalue weighted by Gasteiger charge is -2.18. The predicted molar refractivity (Wildman–Crippen MR) is 82.3 cm³/mol. The van der Waals surface area contributed by atoms with Gasteiger partial charge in [-0.15, -0.1) is 0 Å². The number of aliphatic imine (C=N–C) groups is 1. The number of guanidine groups is 1. The van der Waals surface area contributed by atoms with E-state index in [1.54, 1.807) is 35.7 Å². The van der Waals surface area contributed by atoms with Gasteiger partial charge in [-0.3, -0.25) is 4.79 Å². The summed E-state index contributed by atoms with van der Waals surface area (Å²) in [5.74, 6) is -1.17. The van der Waals surface area contributed by atoms with Gasteiger partial charge in [-0.05, 0) is 23.6 Å². The van der Waals surface area contributed by atoms with Gasteiger partial charge in [-0.25, -0.2) is 5.14 Å². The molecule has 1 aromatic heterocycles. The van der Waals surface area contributed by atoms with E-state index < -0.39 is 22.1 Å². The quantitative estimate of drug-likeness (QED) is 0.644. The molecule has 0 aliphatic rings. The highest BCUT2D eigenvalue weighted by Crippen LogP contribution is 2.19. The zero-order valence-electron chi connectivity index (χ0n) is 10.7. The lowest BCUT2D eigenvalue weighted by Crippen LogP contribution is -2.46. The fourth-order valence-corrected chi connectivity index (χ4v) is 2.97. The SMILES string of the molecule is NC(=NC(=O)c1ccccc1)N(c1ccsc1)S(N)(=O)=O. The van der Waals surface area contributed by atoms with Crippen LogP contribution in [0.5, 0.6) is 0 Å². The molecule has 0 aliphatic carbocycles. The van der Waals surface area contributed by atoms with Crippen LogP contribution in [0.4, 0.5) is 5.69 Å². The molecule has 0 aliphatic heterocycles. The number of hydrogen-bond acceptors (Lipinski definition) is 4. The summed E-state index contributed by atoms with van der Waals surface area (Å²) in [6, 6.07) is 9.66. The monoisotopic (exact) mass is 324 g/mol. The highest BCUT2D eigenvalue weighted by atomic mass is 32.2. The number of nitrogens with two attached hydrogens (primary N) is 2. The Bertz CT molecular complexity index is 755. The van der Waals surface area contributed by atoms with E-state index in [2.05, 4.69) is 4.99 Å². The van der Waals surface area contributed by atoms with Gasteiger partial charge in [-0.1, -0.05) is 18.2 Å². The van der Waals surface area contributed by atoms with Crippen molar-refractivity contribution in [2.24, 2.45) is 15.9 Å². The third kappa shape index (κ3) is 3.66. The number of hydrogen-bond donors (Lipinski definition) is 2. The minimum Gasteiger partial charge on any atom is -0.368 e. The van der Waals surface area contributed by atoms with Crippen LogP contribution in [-0.4, -0.2) is 20.3 Å². The molecular formula is C12H12N4O3S2. The van der Waals surface area contributed by atoms with Crippen LogP contribution >= 0.6 is 11.3 Å². The Balaban J connectivity index is 2.38. The number of anilines is 1. The largest absolute Gasteiger partial charge is 0.368 e. The van der Waals surface area contributed by atoms with Crippen LogP contribution in [0.15, 0.2) is 52.2 Å². The third-order valence-electron chi connectivity index (χ3n) is 2.44. The van der Waals surface area contributed by atoms with Crippen molar-refractivity contribution >= 4 is 39.1 Å². The van der Waals surface area contributed by atoms with Gasteiger partial charge in [-0.2, -0.15) is 29.1 Å². The lowest BCUT2D eigenvalue weighted by molar-refractivity contribution is 0.100. The van der Waals surface area contributed by atoms with Gasteiger partial charge in [0.05, 0.1) is 5.69 Å². The average molecular weight is 324 g/mol. The molecular weight excluding hydrogens is 312 g/mol. The maximum absolute atomic E-state index is 11.9. The zero-order valence-corrected chi connectivity index (χ0v) is 12.3. The maximum Gasteiger partial charge on any atom is 0.305 e. The Morgan fingerprint density at radius 2 is 1.86 bits per heavy atom. The van der Waals surface area contributed by atoms with Crippen molar-refractivity contribution in [2.75, 3.05) is 4.31 Å². The van der Waals surface area contributed by atoms with Gasteiger partial charge in [0.2, 0.25) is 5.96 Å². The number of benzene rings is 1. The predicted octanol–water partition coefficient (Wildman–Crippen LogP) is 0.913. The van der Waals surface area contributed by atoms with Gasteiger partial charge in [0.15, 0.2) is 0 Å². The van der Waals surface area contributed by atoms with E-state index in [0.29, 0.717) is 9.87 Å². The van der Waals surface area contributed by atoms with Crippen LogP contribution < -0.4 is 15.2 Å². The van der Waals surface area contributed by atoms with Gasteiger partial charge in [0, 0.05) is 10.9 Å². The van der Waals surface area contributed by atoms with Crippen molar-refractivity contribution in [2.45, 2.75) is 0 Å². The molecule has 1 amide bonds. The summed E-state index contributed by atoms with van der Waals surface area (Å²) in [7, 11) is -4.18. The highest BCUT2D eigenvalue weighted by molar-refractivity contribution is 7.91. The summed E-state index contributed by atoms with van der Waals surface area (Å²) in [6.45, 7) is 0. The van der Waals surface area contributed by atoms with Gasteiger partial charge >= 0.3 is 10.2 Å². The van der Waals surface area contributed by atoms with Crippen LogP contribution in [0.3, 0.4) is 0 Å². The van der Waals surface area contributed by atoms with Crippen molar-refractivity contribution in [3.63, 3.8) is 0 Å². The molecule has 0 bridgehead atoms. The van der Waals surface area contributed by atoms with E-state index in [0.717, 1.165) is 0 Å². The second kappa shape index (κ2) is 6.04. The second-order valence-electron chi connectivity index (χ2n) is 3.93. The molecule has 0 fully saturated rings. The van der Waals surface area contributed by atoms with Crippen LogP contribution in [0.1, 0.15) is 10.4 Å². The summed E-state index contributed by atoms with van der Waals surface area (Å²) in [5.41, 5.74) is 6.15. The molecule has 0 unspecified atom stereocenters. The Kier molecular flexibility index (Phi) is 4.36. The summed E-state index contributed by atoms with van der Waals surface area (Å²) in [5, 5.41) is 8.30. The van der Waals surface area contributed by atoms with E-state index >= 15 is 0 Å². The number of nitrogens with zero attached hydrogens (tertiary/aromatic N) is 2. The zero-order chi connectivity index (χ0) is 15.5. The van der Waals surface area contributed by atoms with Crippen molar-refractivity contribution in [3.8, 4) is 0 Å². The molecule has 110 valence electrons. The summed E-state index contributed by atoms with van der Waals surface area (Å²) >= 11 is 1.26. The fourth-order valence-electron chi connectivity index (χ4n) is 1.58. The standard InChI is InChI=1S/C12H12N4O3S2/c13-12(15-11(17)9-4-2-1-3-5-9)16(21(14,18)19)10-6-7-20-8-10/h1-8H,(H2,13,15,17)(H2,14,18,19). The third-order valence-corrected chi connectivity index (χ3v) is 4.02. The van der Waals surface area contributed by atoms with Crippen molar-refractivity contribution < 1.29 is 13.2 Å². The summed E-state index contributed by atoms with van der Waals surface area (Å²) in [6.07, 6.45) is 0. The molecule has 7 nitrogen and oxygen atoms in total. The Labute approximate surface area is 125 Å². The molecule has 0 spiro atoms. The summed E-state index contributed by atoms with van der Waals surface area (Å²) in [4.78, 5) is 15.5. The van der Waals surface area contributed by atoms with Gasteiger partial charge in [0.25, 0.3) is 5.91 Å². The molecule has 9 heteroatoms. The maximum atomic E-state index is 11.9. The molecule has 1 aromatic carbocycles. The first-order chi connectivity index (χ1) is 9.89. The first kappa shape index (κ1) is 15.2. The number of rotatable bonds is 3. The van der Waals surface area contributed by atoms with E-state index in [1.807, 2.05) is 0 Å². The van der Waals surface area contributed by atoms with E-state index in [4.69, 9.17) is 10.9 Å². The average Bonchev–Trinajstić information content (AvgIpc) is 2.91.